The Morgan fingerprint density at radius 3 is 2.37 bits per heavy atom. The van der Waals surface area contributed by atoms with E-state index in [1.54, 1.807) is 34.9 Å². The Hall–Kier alpha value is -2.55. The summed E-state index contributed by atoms with van der Waals surface area (Å²) in [5.74, 6) is -0.738. The standard InChI is InChI=1S/C17H13Cl2N3O4S/c1-26-17(23)13-4-2-3-5-14(13)27(24,25)21-11-6-8-12(9-7-11)22-10-20-15(18)16(22)19/h2-10,21H,1H3. The summed E-state index contributed by atoms with van der Waals surface area (Å²) in [6.07, 6.45) is 1.45. The molecule has 3 rings (SSSR count). The van der Waals surface area contributed by atoms with Crippen molar-refractivity contribution in [2.75, 3.05) is 11.8 Å². The quantitative estimate of drug-likeness (QED) is 0.628. The number of carbonyl (C=O) groups excluding carboxylic acids is 1. The maximum Gasteiger partial charge on any atom is 0.339 e. The largest absolute Gasteiger partial charge is 0.465 e. The third-order valence-electron chi connectivity index (χ3n) is 3.65. The molecule has 140 valence electrons. The van der Waals surface area contributed by atoms with Gasteiger partial charge in [-0.05, 0) is 36.4 Å². The van der Waals surface area contributed by atoms with Crippen molar-refractivity contribution in [1.82, 2.24) is 9.55 Å². The topological polar surface area (TPSA) is 90.3 Å². The lowest BCUT2D eigenvalue weighted by atomic mass is 10.2. The molecule has 0 aliphatic heterocycles. The number of carbonyl (C=O) groups is 1. The van der Waals surface area contributed by atoms with Gasteiger partial charge in [-0.1, -0.05) is 35.3 Å². The van der Waals surface area contributed by atoms with Crippen molar-refractivity contribution in [3.8, 4) is 5.69 Å². The maximum absolute atomic E-state index is 12.7. The molecule has 0 aliphatic rings. The SMILES string of the molecule is COC(=O)c1ccccc1S(=O)(=O)Nc1ccc(-n2cnc(Cl)c2Cl)cc1. The Kier molecular flexibility index (Phi) is 5.41. The van der Waals surface area contributed by atoms with Crippen LogP contribution in [-0.2, 0) is 14.8 Å². The number of ether oxygens (including phenoxy) is 1. The average Bonchev–Trinajstić information content (AvgIpc) is 3.00. The highest BCUT2D eigenvalue weighted by Gasteiger charge is 2.22. The number of halogens is 2. The molecule has 1 aromatic heterocycles. The van der Waals surface area contributed by atoms with Crippen molar-refractivity contribution < 1.29 is 17.9 Å². The van der Waals surface area contributed by atoms with Crippen LogP contribution in [0.5, 0.6) is 0 Å². The van der Waals surface area contributed by atoms with Gasteiger partial charge in [-0.25, -0.2) is 18.2 Å². The molecule has 2 aromatic carbocycles. The third kappa shape index (κ3) is 3.92. The number of rotatable bonds is 5. The molecule has 0 fully saturated rings. The van der Waals surface area contributed by atoms with Gasteiger partial charge in [0.2, 0.25) is 0 Å². The van der Waals surface area contributed by atoms with Crippen LogP contribution in [0.1, 0.15) is 10.4 Å². The van der Waals surface area contributed by atoms with Crippen molar-refractivity contribution in [3.63, 3.8) is 0 Å². The summed E-state index contributed by atoms with van der Waals surface area (Å²) in [4.78, 5) is 15.5. The Balaban J connectivity index is 1.89. The molecule has 0 radical (unpaired) electrons. The van der Waals surface area contributed by atoms with E-state index in [0.29, 0.717) is 11.4 Å². The predicted molar refractivity (Wildman–Crippen MR) is 102 cm³/mol. The van der Waals surface area contributed by atoms with E-state index < -0.39 is 16.0 Å². The van der Waals surface area contributed by atoms with Crippen LogP contribution in [-0.4, -0.2) is 31.0 Å². The summed E-state index contributed by atoms with van der Waals surface area (Å²) in [6, 6.07) is 12.2. The molecule has 7 nitrogen and oxygen atoms in total. The molecule has 27 heavy (non-hydrogen) atoms. The molecule has 1 N–H and O–H groups in total. The number of benzene rings is 2. The van der Waals surface area contributed by atoms with Crippen LogP contribution in [0, 0.1) is 0 Å². The number of imidazole rings is 1. The third-order valence-corrected chi connectivity index (χ3v) is 5.82. The summed E-state index contributed by atoms with van der Waals surface area (Å²) >= 11 is 11.9. The van der Waals surface area contributed by atoms with Gasteiger partial charge in [0.05, 0.1) is 12.7 Å². The minimum absolute atomic E-state index is 0.0519. The Morgan fingerprint density at radius 2 is 1.78 bits per heavy atom. The van der Waals surface area contributed by atoms with Gasteiger partial charge in [-0.3, -0.25) is 9.29 Å². The zero-order valence-electron chi connectivity index (χ0n) is 13.9. The van der Waals surface area contributed by atoms with Gasteiger partial charge in [0.1, 0.15) is 11.2 Å². The lowest BCUT2D eigenvalue weighted by Crippen LogP contribution is -2.17. The van der Waals surface area contributed by atoms with Crippen molar-refractivity contribution >= 4 is 44.9 Å². The minimum atomic E-state index is -4.00. The number of nitrogens with zero attached hydrogens (tertiary/aromatic N) is 2. The van der Waals surface area contributed by atoms with E-state index in [1.807, 2.05) is 0 Å². The van der Waals surface area contributed by atoms with Gasteiger partial charge < -0.3 is 4.74 Å². The number of methoxy groups -OCH3 is 1. The second kappa shape index (κ2) is 7.59. The monoisotopic (exact) mass is 425 g/mol. The lowest BCUT2D eigenvalue weighted by molar-refractivity contribution is 0.0596. The number of anilines is 1. The number of nitrogens with one attached hydrogen (secondary N) is 1. The summed E-state index contributed by atoms with van der Waals surface area (Å²) in [7, 11) is -2.81. The first kappa shape index (κ1) is 19.2. The van der Waals surface area contributed by atoms with E-state index in [-0.39, 0.29) is 20.8 Å². The van der Waals surface area contributed by atoms with Crippen molar-refractivity contribution in [3.05, 3.63) is 70.7 Å². The van der Waals surface area contributed by atoms with Crippen molar-refractivity contribution in [2.45, 2.75) is 4.90 Å². The smallest absolute Gasteiger partial charge is 0.339 e. The van der Waals surface area contributed by atoms with E-state index in [1.165, 1.54) is 31.6 Å². The van der Waals surface area contributed by atoms with Crippen LogP contribution < -0.4 is 4.72 Å². The Labute approximate surface area is 165 Å². The number of sulfonamides is 1. The maximum atomic E-state index is 12.7. The van der Waals surface area contributed by atoms with E-state index in [9.17, 15) is 13.2 Å². The molecule has 3 aromatic rings. The lowest BCUT2D eigenvalue weighted by Gasteiger charge is -2.12. The number of aromatic nitrogens is 2. The fraction of sp³-hybridized carbons (Fsp3) is 0.0588. The van der Waals surface area contributed by atoms with Gasteiger partial charge >= 0.3 is 5.97 Å². The molecule has 0 amide bonds. The molecule has 0 spiro atoms. The molecule has 0 saturated carbocycles. The second-order valence-corrected chi connectivity index (χ2v) is 7.70. The van der Waals surface area contributed by atoms with E-state index in [0.717, 1.165) is 0 Å². The second-order valence-electron chi connectivity index (χ2n) is 5.34. The van der Waals surface area contributed by atoms with Crippen molar-refractivity contribution in [2.24, 2.45) is 0 Å². The first-order chi connectivity index (χ1) is 12.8. The van der Waals surface area contributed by atoms with Gasteiger partial charge in [0.15, 0.2) is 10.3 Å². The molecule has 0 atom stereocenters. The van der Waals surface area contributed by atoms with Crippen LogP contribution in [0.2, 0.25) is 10.3 Å². The highest BCUT2D eigenvalue weighted by Crippen LogP contribution is 2.25. The number of hydrogen-bond donors (Lipinski definition) is 1. The Bertz CT molecular complexity index is 1100. The van der Waals surface area contributed by atoms with Crippen LogP contribution in [0.25, 0.3) is 5.69 Å². The summed E-state index contributed by atoms with van der Waals surface area (Å²) in [5.41, 5.74) is 0.905. The predicted octanol–water partition coefficient (Wildman–Crippen LogP) is 3.77. The fourth-order valence-electron chi connectivity index (χ4n) is 2.37. The van der Waals surface area contributed by atoms with Crippen LogP contribution in [0.4, 0.5) is 5.69 Å². The minimum Gasteiger partial charge on any atom is -0.465 e. The van der Waals surface area contributed by atoms with Crippen LogP contribution in [0.3, 0.4) is 0 Å². The van der Waals surface area contributed by atoms with E-state index in [4.69, 9.17) is 23.2 Å². The van der Waals surface area contributed by atoms with Gasteiger partial charge in [-0.2, -0.15) is 0 Å². The van der Waals surface area contributed by atoms with Crippen molar-refractivity contribution in [1.29, 1.82) is 0 Å². The number of esters is 1. The molecular formula is C17H13Cl2N3O4S. The Morgan fingerprint density at radius 1 is 1.11 bits per heavy atom. The first-order valence-electron chi connectivity index (χ1n) is 7.52. The summed E-state index contributed by atoms with van der Waals surface area (Å²) in [5, 5.41) is 0.415. The van der Waals surface area contributed by atoms with E-state index >= 15 is 0 Å². The molecule has 10 heteroatoms. The molecule has 1 heterocycles. The first-order valence-corrected chi connectivity index (χ1v) is 9.76. The fourth-order valence-corrected chi connectivity index (χ4v) is 3.95. The molecular weight excluding hydrogens is 413 g/mol. The molecule has 0 aliphatic carbocycles. The summed E-state index contributed by atoms with van der Waals surface area (Å²) in [6.45, 7) is 0. The molecule has 0 unspecified atom stereocenters. The zero-order valence-corrected chi connectivity index (χ0v) is 16.2. The van der Waals surface area contributed by atoms with E-state index in [2.05, 4.69) is 14.4 Å². The normalized spacial score (nSPS) is 11.2. The van der Waals surface area contributed by atoms with Crippen LogP contribution >= 0.6 is 23.2 Å². The van der Waals surface area contributed by atoms with Gasteiger partial charge in [0.25, 0.3) is 10.0 Å². The highest BCUT2D eigenvalue weighted by atomic mass is 35.5. The van der Waals surface area contributed by atoms with Gasteiger partial charge in [-0.15, -0.1) is 0 Å². The molecule has 0 saturated heterocycles. The van der Waals surface area contributed by atoms with Crippen LogP contribution in [0.15, 0.2) is 59.8 Å². The van der Waals surface area contributed by atoms with Gasteiger partial charge in [0, 0.05) is 11.4 Å². The number of hydrogen-bond acceptors (Lipinski definition) is 5. The molecule has 0 bridgehead atoms. The zero-order chi connectivity index (χ0) is 19.6. The summed E-state index contributed by atoms with van der Waals surface area (Å²) < 4.78 is 34.0. The average molecular weight is 426 g/mol. The highest BCUT2D eigenvalue weighted by molar-refractivity contribution is 7.92.